The van der Waals surface area contributed by atoms with Crippen molar-refractivity contribution in [1.82, 2.24) is 19.9 Å². The van der Waals surface area contributed by atoms with Crippen LogP contribution in [0.5, 0.6) is 0 Å². The van der Waals surface area contributed by atoms with Crippen molar-refractivity contribution in [2.75, 3.05) is 0 Å². The highest BCUT2D eigenvalue weighted by Crippen LogP contribution is 2.12. The summed E-state index contributed by atoms with van der Waals surface area (Å²) in [5.74, 6) is 0. The van der Waals surface area contributed by atoms with Gasteiger partial charge in [-0.15, -0.1) is 0 Å². The monoisotopic (exact) mass is 232 g/mol. The van der Waals surface area contributed by atoms with Gasteiger partial charge in [0.2, 0.25) is 5.28 Å². The summed E-state index contributed by atoms with van der Waals surface area (Å²) in [4.78, 5) is 14.6. The highest BCUT2D eigenvalue weighted by atomic mass is 79.9. The van der Waals surface area contributed by atoms with E-state index in [4.69, 9.17) is 11.6 Å². The van der Waals surface area contributed by atoms with Crippen molar-refractivity contribution in [1.29, 1.82) is 0 Å². The molecule has 6 heteroatoms. The summed E-state index contributed by atoms with van der Waals surface area (Å²) >= 11 is 8.75. The van der Waals surface area contributed by atoms with Crippen molar-refractivity contribution >= 4 is 38.8 Å². The molecule has 2 aromatic rings. The Labute approximate surface area is 75.2 Å². The van der Waals surface area contributed by atoms with Crippen LogP contribution in [-0.2, 0) is 0 Å². The number of hydrogen-bond acceptors (Lipinski definition) is 3. The molecular formula is C5H2BrClN4. The summed E-state index contributed by atoms with van der Waals surface area (Å²) in [6.45, 7) is 0. The van der Waals surface area contributed by atoms with Gasteiger partial charge in [0.1, 0.15) is 4.60 Å². The van der Waals surface area contributed by atoms with E-state index in [0.717, 1.165) is 0 Å². The quantitative estimate of drug-likeness (QED) is 0.754. The Morgan fingerprint density at radius 1 is 1.45 bits per heavy atom. The molecule has 0 aliphatic carbocycles. The molecule has 1 N–H and O–H groups in total. The third kappa shape index (κ3) is 1.21. The predicted octanol–water partition coefficient (Wildman–Crippen LogP) is 1.77. The number of hydrogen-bond donors (Lipinski definition) is 1. The number of rotatable bonds is 0. The predicted molar refractivity (Wildman–Crippen MR) is 44.4 cm³/mol. The molecule has 0 spiro atoms. The molecule has 0 unspecified atom stereocenters. The standard InChI is InChI=1S/C5H2BrClN4/c6-2-1-8-3-4(9-2)11-5(7)10-3/h1H,(H,8,9,10,11). The van der Waals surface area contributed by atoms with Gasteiger partial charge in [-0.3, -0.25) is 0 Å². The van der Waals surface area contributed by atoms with E-state index in [0.29, 0.717) is 21.2 Å². The van der Waals surface area contributed by atoms with Crippen molar-refractivity contribution in [3.8, 4) is 0 Å². The van der Waals surface area contributed by atoms with Crippen LogP contribution in [0.2, 0.25) is 5.28 Å². The molecule has 0 fully saturated rings. The zero-order valence-electron chi connectivity index (χ0n) is 5.17. The molecule has 11 heavy (non-hydrogen) atoms. The third-order valence-electron chi connectivity index (χ3n) is 1.15. The van der Waals surface area contributed by atoms with Crippen molar-refractivity contribution in [2.45, 2.75) is 0 Å². The van der Waals surface area contributed by atoms with E-state index in [1.165, 1.54) is 0 Å². The van der Waals surface area contributed by atoms with Gasteiger partial charge < -0.3 is 4.98 Å². The van der Waals surface area contributed by atoms with Crippen LogP contribution >= 0.6 is 27.5 Å². The lowest BCUT2D eigenvalue weighted by atomic mass is 10.7. The molecule has 0 radical (unpaired) electrons. The van der Waals surface area contributed by atoms with Gasteiger partial charge in [-0.1, -0.05) is 0 Å². The van der Waals surface area contributed by atoms with E-state index >= 15 is 0 Å². The minimum Gasteiger partial charge on any atom is -0.312 e. The molecule has 0 saturated heterocycles. The highest BCUT2D eigenvalue weighted by molar-refractivity contribution is 9.10. The molecule has 56 valence electrons. The molecule has 4 nitrogen and oxygen atoms in total. The lowest BCUT2D eigenvalue weighted by Crippen LogP contribution is -1.81. The van der Waals surface area contributed by atoms with Crippen LogP contribution in [-0.4, -0.2) is 19.9 Å². The van der Waals surface area contributed by atoms with Crippen LogP contribution in [0.15, 0.2) is 10.8 Å². The molecule has 0 amide bonds. The molecule has 0 bridgehead atoms. The maximum absolute atomic E-state index is 5.57. The zero-order valence-corrected chi connectivity index (χ0v) is 7.52. The Morgan fingerprint density at radius 3 is 3.09 bits per heavy atom. The van der Waals surface area contributed by atoms with Crippen molar-refractivity contribution < 1.29 is 0 Å². The summed E-state index contributed by atoms with van der Waals surface area (Å²) in [5.41, 5.74) is 1.11. The molecule has 0 aromatic carbocycles. The molecular weight excluding hydrogens is 231 g/mol. The fraction of sp³-hybridized carbons (Fsp3) is 0. The Kier molecular flexibility index (Phi) is 1.54. The average molecular weight is 233 g/mol. The Bertz CT molecular complexity index is 398. The zero-order chi connectivity index (χ0) is 7.84. The number of nitrogens with one attached hydrogen (secondary N) is 1. The van der Waals surface area contributed by atoms with E-state index in [-0.39, 0.29) is 0 Å². The normalized spacial score (nSPS) is 10.7. The summed E-state index contributed by atoms with van der Waals surface area (Å²) in [7, 11) is 0. The number of aromatic nitrogens is 4. The van der Waals surface area contributed by atoms with Crippen molar-refractivity contribution in [3.63, 3.8) is 0 Å². The molecule has 0 aliphatic heterocycles. The SMILES string of the molecule is Clc1nc2ncc(Br)nc2[nH]1. The second-order valence-corrected chi connectivity index (χ2v) is 3.06. The van der Waals surface area contributed by atoms with E-state index in [2.05, 4.69) is 35.9 Å². The Hall–Kier alpha value is -0.680. The number of imidazole rings is 1. The lowest BCUT2D eigenvalue weighted by molar-refractivity contribution is 1.22. The lowest BCUT2D eigenvalue weighted by Gasteiger charge is -1.85. The van der Waals surface area contributed by atoms with Crippen LogP contribution in [0.3, 0.4) is 0 Å². The number of nitrogens with zero attached hydrogens (tertiary/aromatic N) is 3. The van der Waals surface area contributed by atoms with Crippen LogP contribution in [0, 0.1) is 0 Å². The third-order valence-corrected chi connectivity index (χ3v) is 1.71. The fourth-order valence-corrected chi connectivity index (χ4v) is 1.19. The van der Waals surface area contributed by atoms with Gasteiger partial charge in [0.15, 0.2) is 11.3 Å². The van der Waals surface area contributed by atoms with E-state index in [9.17, 15) is 0 Å². The summed E-state index contributed by atoms with van der Waals surface area (Å²) in [6, 6.07) is 0. The minimum absolute atomic E-state index is 0.304. The molecule has 2 aromatic heterocycles. The Balaban J connectivity index is 2.82. The van der Waals surface area contributed by atoms with E-state index in [1.54, 1.807) is 6.20 Å². The first kappa shape index (κ1) is 7.00. The fourth-order valence-electron chi connectivity index (χ4n) is 0.746. The number of halogens is 2. The number of fused-ring (bicyclic) bond motifs is 1. The summed E-state index contributed by atoms with van der Waals surface area (Å²) in [6.07, 6.45) is 1.57. The second-order valence-electron chi connectivity index (χ2n) is 1.89. The van der Waals surface area contributed by atoms with Gasteiger partial charge in [-0.25, -0.2) is 9.97 Å². The smallest absolute Gasteiger partial charge is 0.203 e. The van der Waals surface area contributed by atoms with Gasteiger partial charge in [0.05, 0.1) is 6.20 Å². The Morgan fingerprint density at radius 2 is 2.27 bits per heavy atom. The van der Waals surface area contributed by atoms with Crippen molar-refractivity contribution in [3.05, 3.63) is 16.1 Å². The van der Waals surface area contributed by atoms with E-state index < -0.39 is 0 Å². The molecule has 2 rings (SSSR count). The highest BCUT2D eigenvalue weighted by Gasteiger charge is 2.02. The minimum atomic E-state index is 0.304. The van der Waals surface area contributed by atoms with Crippen LogP contribution < -0.4 is 0 Å². The summed E-state index contributed by atoms with van der Waals surface area (Å²) < 4.78 is 0.658. The second kappa shape index (κ2) is 2.42. The topological polar surface area (TPSA) is 54.5 Å². The van der Waals surface area contributed by atoms with E-state index in [1.807, 2.05) is 0 Å². The average Bonchev–Trinajstić information content (AvgIpc) is 2.27. The largest absolute Gasteiger partial charge is 0.312 e. The van der Waals surface area contributed by atoms with Gasteiger partial charge in [-0.05, 0) is 27.5 Å². The first-order valence-corrected chi connectivity index (χ1v) is 3.96. The van der Waals surface area contributed by atoms with Crippen LogP contribution in [0.1, 0.15) is 0 Å². The number of H-pyrrole nitrogens is 1. The maximum Gasteiger partial charge on any atom is 0.203 e. The van der Waals surface area contributed by atoms with Gasteiger partial charge in [-0.2, -0.15) is 4.98 Å². The summed E-state index contributed by atoms with van der Waals surface area (Å²) in [5, 5.41) is 0.304. The first-order chi connectivity index (χ1) is 5.25. The maximum atomic E-state index is 5.57. The van der Waals surface area contributed by atoms with Crippen molar-refractivity contribution in [2.24, 2.45) is 0 Å². The molecule has 0 aliphatic rings. The van der Waals surface area contributed by atoms with Gasteiger partial charge >= 0.3 is 0 Å². The molecule has 2 heterocycles. The van der Waals surface area contributed by atoms with Crippen LogP contribution in [0.25, 0.3) is 11.3 Å². The van der Waals surface area contributed by atoms with Crippen LogP contribution in [0.4, 0.5) is 0 Å². The number of aromatic amines is 1. The molecule has 0 atom stereocenters. The first-order valence-electron chi connectivity index (χ1n) is 2.79. The van der Waals surface area contributed by atoms with Gasteiger partial charge in [0, 0.05) is 0 Å². The van der Waals surface area contributed by atoms with Gasteiger partial charge in [0.25, 0.3) is 0 Å². The molecule has 0 saturated carbocycles.